The molecule has 0 radical (unpaired) electrons. The van der Waals surface area contributed by atoms with Gasteiger partial charge in [0.1, 0.15) is 12.4 Å². The second kappa shape index (κ2) is 8.15. The number of aliphatic hydroxyl groups excluding tert-OH is 1. The van der Waals surface area contributed by atoms with E-state index in [0.29, 0.717) is 6.61 Å². The van der Waals surface area contributed by atoms with Crippen LogP contribution in [0.2, 0.25) is 0 Å². The highest BCUT2D eigenvalue weighted by Crippen LogP contribution is 2.13. The lowest BCUT2D eigenvalue weighted by atomic mass is 10.1. The van der Waals surface area contributed by atoms with Gasteiger partial charge in [-0.3, -0.25) is 4.90 Å². The fourth-order valence-electron chi connectivity index (χ4n) is 2.25. The van der Waals surface area contributed by atoms with E-state index in [9.17, 15) is 0 Å². The Bertz CT molecular complexity index is 347. The molecule has 1 aliphatic rings. The maximum atomic E-state index is 8.68. The molecule has 0 atom stereocenters. The summed E-state index contributed by atoms with van der Waals surface area (Å²) in [5.74, 6) is 0.825. The molecular weight excluding hydrogens is 242 g/mol. The first-order valence-electron chi connectivity index (χ1n) is 7.01. The van der Waals surface area contributed by atoms with E-state index in [2.05, 4.69) is 17.0 Å². The van der Waals surface area contributed by atoms with Gasteiger partial charge in [0.2, 0.25) is 0 Å². The van der Waals surface area contributed by atoms with Gasteiger partial charge < -0.3 is 14.6 Å². The number of hydrogen-bond donors (Lipinski definition) is 1. The van der Waals surface area contributed by atoms with Crippen LogP contribution in [0.5, 0.6) is 5.75 Å². The molecule has 1 fully saturated rings. The smallest absolute Gasteiger partial charge is 0.119 e. The standard InChI is InChI=1S/C15H23NO3/c17-10-13-19-15-5-3-14(4-6-15)2-1-7-16-8-11-18-12-9-16/h3-6,17H,1-2,7-13H2. The van der Waals surface area contributed by atoms with E-state index in [4.69, 9.17) is 14.6 Å². The lowest BCUT2D eigenvalue weighted by molar-refractivity contribution is 0.0374. The molecule has 106 valence electrons. The molecule has 1 aromatic carbocycles. The number of ether oxygens (including phenoxy) is 2. The fraction of sp³-hybridized carbons (Fsp3) is 0.600. The molecular formula is C15H23NO3. The highest BCUT2D eigenvalue weighted by molar-refractivity contribution is 5.27. The molecule has 1 aliphatic heterocycles. The summed E-state index contributed by atoms with van der Waals surface area (Å²) in [7, 11) is 0. The van der Waals surface area contributed by atoms with Gasteiger partial charge in [0, 0.05) is 13.1 Å². The van der Waals surface area contributed by atoms with Gasteiger partial charge in [0.05, 0.1) is 19.8 Å². The maximum Gasteiger partial charge on any atom is 0.119 e. The Morgan fingerprint density at radius 1 is 1.16 bits per heavy atom. The monoisotopic (exact) mass is 265 g/mol. The van der Waals surface area contributed by atoms with Gasteiger partial charge in [0.25, 0.3) is 0 Å². The van der Waals surface area contributed by atoms with Crippen molar-refractivity contribution in [3.05, 3.63) is 29.8 Å². The number of morpholine rings is 1. The Morgan fingerprint density at radius 2 is 1.89 bits per heavy atom. The lowest BCUT2D eigenvalue weighted by Gasteiger charge is -2.26. The van der Waals surface area contributed by atoms with Crippen LogP contribution in [-0.2, 0) is 11.2 Å². The van der Waals surface area contributed by atoms with Crippen molar-refractivity contribution in [1.29, 1.82) is 0 Å². The van der Waals surface area contributed by atoms with Crippen molar-refractivity contribution in [3.63, 3.8) is 0 Å². The molecule has 4 nitrogen and oxygen atoms in total. The second-order valence-electron chi connectivity index (χ2n) is 4.77. The molecule has 1 aromatic rings. The fourth-order valence-corrected chi connectivity index (χ4v) is 2.25. The van der Waals surface area contributed by atoms with Crippen LogP contribution in [0, 0.1) is 0 Å². The molecule has 1 N–H and O–H groups in total. The van der Waals surface area contributed by atoms with Crippen LogP contribution in [0.3, 0.4) is 0 Å². The van der Waals surface area contributed by atoms with E-state index in [-0.39, 0.29) is 6.61 Å². The summed E-state index contributed by atoms with van der Waals surface area (Å²) in [4.78, 5) is 2.46. The molecule has 0 spiro atoms. The van der Waals surface area contributed by atoms with Crippen LogP contribution >= 0.6 is 0 Å². The minimum absolute atomic E-state index is 0.0568. The van der Waals surface area contributed by atoms with E-state index in [1.54, 1.807) is 0 Å². The van der Waals surface area contributed by atoms with E-state index < -0.39 is 0 Å². The summed E-state index contributed by atoms with van der Waals surface area (Å²) in [6.45, 7) is 5.43. The molecule has 0 unspecified atom stereocenters. The Morgan fingerprint density at radius 3 is 2.58 bits per heavy atom. The minimum Gasteiger partial charge on any atom is -0.491 e. The average molecular weight is 265 g/mol. The summed E-state index contributed by atoms with van der Waals surface area (Å²) in [6, 6.07) is 8.15. The average Bonchev–Trinajstić information content (AvgIpc) is 2.47. The van der Waals surface area contributed by atoms with Crippen molar-refractivity contribution in [2.24, 2.45) is 0 Å². The Balaban J connectivity index is 1.67. The summed E-state index contributed by atoms with van der Waals surface area (Å²) >= 11 is 0. The molecule has 4 heteroatoms. The van der Waals surface area contributed by atoms with Crippen molar-refractivity contribution in [1.82, 2.24) is 4.90 Å². The maximum absolute atomic E-state index is 8.68. The van der Waals surface area contributed by atoms with Crippen molar-refractivity contribution in [3.8, 4) is 5.75 Å². The molecule has 19 heavy (non-hydrogen) atoms. The third-order valence-electron chi connectivity index (χ3n) is 3.33. The van der Waals surface area contributed by atoms with Gasteiger partial charge in [-0.1, -0.05) is 12.1 Å². The summed E-state index contributed by atoms with van der Waals surface area (Å²) in [6.07, 6.45) is 2.27. The van der Waals surface area contributed by atoms with E-state index in [1.807, 2.05) is 12.1 Å². The van der Waals surface area contributed by atoms with Gasteiger partial charge in [-0.2, -0.15) is 0 Å². The zero-order valence-electron chi connectivity index (χ0n) is 11.4. The van der Waals surface area contributed by atoms with Crippen molar-refractivity contribution >= 4 is 0 Å². The third-order valence-corrected chi connectivity index (χ3v) is 3.33. The molecule has 0 saturated carbocycles. The lowest BCUT2D eigenvalue weighted by Crippen LogP contribution is -2.36. The van der Waals surface area contributed by atoms with Crippen LogP contribution < -0.4 is 4.74 Å². The van der Waals surface area contributed by atoms with Gasteiger partial charge >= 0.3 is 0 Å². The van der Waals surface area contributed by atoms with E-state index in [1.165, 1.54) is 12.0 Å². The molecule has 0 aliphatic carbocycles. The third kappa shape index (κ3) is 5.19. The van der Waals surface area contributed by atoms with Crippen molar-refractivity contribution < 1.29 is 14.6 Å². The Hall–Kier alpha value is -1.10. The normalized spacial score (nSPS) is 16.5. The van der Waals surface area contributed by atoms with Crippen molar-refractivity contribution in [2.45, 2.75) is 12.8 Å². The number of aryl methyl sites for hydroxylation is 1. The predicted octanol–water partition coefficient (Wildman–Crippen LogP) is 1.32. The van der Waals surface area contributed by atoms with Crippen molar-refractivity contribution in [2.75, 3.05) is 46.1 Å². The zero-order chi connectivity index (χ0) is 13.3. The topological polar surface area (TPSA) is 41.9 Å². The van der Waals surface area contributed by atoms with Gasteiger partial charge in [-0.05, 0) is 37.1 Å². The molecule has 2 rings (SSSR count). The van der Waals surface area contributed by atoms with Crippen LogP contribution in [0.4, 0.5) is 0 Å². The zero-order valence-corrected chi connectivity index (χ0v) is 11.4. The van der Waals surface area contributed by atoms with Gasteiger partial charge in [-0.15, -0.1) is 0 Å². The van der Waals surface area contributed by atoms with E-state index in [0.717, 1.165) is 45.0 Å². The second-order valence-corrected chi connectivity index (χ2v) is 4.77. The van der Waals surface area contributed by atoms with E-state index >= 15 is 0 Å². The first-order valence-corrected chi connectivity index (χ1v) is 7.01. The predicted molar refractivity (Wildman–Crippen MR) is 74.6 cm³/mol. The Kier molecular flexibility index (Phi) is 6.14. The summed E-state index contributed by atoms with van der Waals surface area (Å²) in [5.41, 5.74) is 1.34. The first-order chi connectivity index (χ1) is 9.38. The molecule has 1 saturated heterocycles. The van der Waals surface area contributed by atoms with Gasteiger partial charge in [-0.25, -0.2) is 0 Å². The number of rotatable bonds is 7. The number of hydrogen-bond acceptors (Lipinski definition) is 4. The highest BCUT2D eigenvalue weighted by Gasteiger charge is 2.09. The first kappa shape index (κ1) is 14.3. The number of nitrogens with zero attached hydrogens (tertiary/aromatic N) is 1. The molecule has 0 bridgehead atoms. The highest BCUT2D eigenvalue weighted by atomic mass is 16.5. The summed E-state index contributed by atoms with van der Waals surface area (Å²) < 4.78 is 10.7. The SMILES string of the molecule is OCCOc1ccc(CCCN2CCOCC2)cc1. The van der Waals surface area contributed by atoms with Crippen LogP contribution in [-0.4, -0.2) is 56.1 Å². The quantitative estimate of drug-likeness (QED) is 0.807. The largest absolute Gasteiger partial charge is 0.491 e. The van der Waals surface area contributed by atoms with Crippen LogP contribution in [0.1, 0.15) is 12.0 Å². The number of benzene rings is 1. The minimum atomic E-state index is 0.0568. The summed E-state index contributed by atoms with van der Waals surface area (Å²) in [5, 5.41) is 8.68. The Labute approximate surface area is 114 Å². The number of aliphatic hydroxyl groups is 1. The van der Waals surface area contributed by atoms with Gasteiger partial charge in [0.15, 0.2) is 0 Å². The molecule has 1 heterocycles. The molecule has 0 amide bonds. The van der Waals surface area contributed by atoms with Crippen LogP contribution in [0.15, 0.2) is 24.3 Å². The molecule has 0 aromatic heterocycles. The van der Waals surface area contributed by atoms with Crippen LogP contribution in [0.25, 0.3) is 0 Å².